The van der Waals surface area contributed by atoms with Crippen LogP contribution < -0.4 is 14.4 Å². The van der Waals surface area contributed by atoms with E-state index in [2.05, 4.69) is 4.72 Å². The van der Waals surface area contributed by atoms with Crippen molar-refractivity contribution in [3.63, 3.8) is 0 Å². The SMILES string of the molecule is COc1ccc(NS(=O)(=O)c2ccc3c(c2)C[C@@H](C)N3C(=O)C2CCC2)cc1Cl. The highest BCUT2D eigenvalue weighted by atomic mass is 35.5. The number of sulfonamides is 1. The Hall–Kier alpha value is -2.25. The Labute approximate surface area is 175 Å². The lowest BCUT2D eigenvalue weighted by Crippen LogP contribution is -2.42. The van der Waals surface area contributed by atoms with Crippen molar-refractivity contribution in [2.75, 3.05) is 16.7 Å². The number of methoxy groups -OCH3 is 1. The average molecular weight is 435 g/mol. The Bertz CT molecular complexity index is 1070. The predicted molar refractivity (Wildman–Crippen MR) is 113 cm³/mol. The van der Waals surface area contributed by atoms with Gasteiger partial charge in [0.1, 0.15) is 5.75 Å². The third-order valence-corrected chi connectivity index (χ3v) is 7.35. The van der Waals surface area contributed by atoms with Gasteiger partial charge in [0.25, 0.3) is 10.0 Å². The molecule has 154 valence electrons. The normalized spacial score (nSPS) is 18.9. The van der Waals surface area contributed by atoms with Gasteiger partial charge in [0.15, 0.2) is 0 Å². The first-order chi connectivity index (χ1) is 13.8. The molecule has 0 spiro atoms. The molecule has 1 saturated carbocycles. The third-order valence-electron chi connectivity index (χ3n) is 5.67. The predicted octanol–water partition coefficient (Wildman–Crippen LogP) is 4.23. The van der Waals surface area contributed by atoms with Crippen LogP contribution in [0.3, 0.4) is 0 Å². The first-order valence-electron chi connectivity index (χ1n) is 9.62. The highest BCUT2D eigenvalue weighted by molar-refractivity contribution is 7.92. The van der Waals surface area contributed by atoms with Crippen molar-refractivity contribution >= 4 is 38.9 Å². The topological polar surface area (TPSA) is 75.7 Å². The van der Waals surface area contributed by atoms with Crippen LogP contribution >= 0.6 is 11.6 Å². The van der Waals surface area contributed by atoms with Crippen LogP contribution in [-0.4, -0.2) is 27.5 Å². The van der Waals surface area contributed by atoms with E-state index >= 15 is 0 Å². The number of halogens is 1. The quantitative estimate of drug-likeness (QED) is 0.764. The van der Waals surface area contributed by atoms with Crippen LogP contribution in [0.1, 0.15) is 31.7 Å². The van der Waals surface area contributed by atoms with Gasteiger partial charge < -0.3 is 9.64 Å². The monoisotopic (exact) mass is 434 g/mol. The number of rotatable bonds is 5. The van der Waals surface area contributed by atoms with Crippen molar-refractivity contribution in [3.8, 4) is 5.75 Å². The largest absolute Gasteiger partial charge is 0.495 e. The van der Waals surface area contributed by atoms with Crippen LogP contribution in [0.4, 0.5) is 11.4 Å². The van der Waals surface area contributed by atoms with Crippen LogP contribution in [0.5, 0.6) is 5.75 Å². The van der Waals surface area contributed by atoms with Crippen molar-refractivity contribution in [2.45, 2.75) is 43.5 Å². The Morgan fingerprint density at radius 3 is 2.59 bits per heavy atom. The summed E-state index contributed by atoms with van der Waals surface area (Å²) in [5.74, 6) is 0.731. The second-order valence-electron chi connectivity index (χ2n) is 7.63. The van der Waals surface area contributed by atoms with Crippen LogP contribution in [-0.2, 0) is 21.2 Å². The lowest BCUT2D eigenvalue weighted by molar-refractivity contribution is -0.125. The summed E-state index contributed by atoms with van der Waals surface area (Å²) in [5.41, 5.74) is 2.05. The fraction of sp³-hybridized carbons (Fsp3) is 0.381. The van der Waals surface area contributed by atoms with Gasteiger partial charge >= 0.3 is 0 Å². The minimum absolute atomic E-state index is 0.0319. The summed E-state index contributed by atoms with van der Waals surface area (Å²) in [6, 6.07) is 9.69. The zero-order valence-corrected chi connectivity index (χ0v) is 17.9. The summed E-state index contributed by atoms with van der Waals surface area (Å²) >= 11 is 6.09. The van der Waals surface area contributed by atoms with E-state index in [1.807, 2.05) is 11.8 Å². The van der Waals surface area contributed by atoms with Crippen molar-refractivity contribution in [2.24, 2.45) is 5.92 Å². The van der Waals surface area contributed by atoms with Gasteiger partial charge in [-0.15, -0.1) is 0 Å². The maximum Gasteiger partial charge on any atom is 0.261 e. The molecule has 2 aliphatic rings. The number of nitrogens with zero attached hydrogens (tertiary/aromatic N) is 1. The summed E-state index contributed by atoms with van der Waals surface area (Å²) in [6.07, 6.45) is 3.63. The molecule has 1 aliphatic carbocycles. The molecule has 2 aromatic rings. The number of fused-ring (bicyclic) bond motifs is 1. The fourth-order valence-corrected chi connectivity index (χ4v) is 5.26. The Kier molecular flexibility index (Phi) is 5.21. The molecule has 1 aliphatic heterocycles. The zero-order valence-electron chi connectivity index (χ0n) is 16.3. The fourth-order valence-electron chi connectivity index (χ4n) is 3.91. The maximum atomic E-state index is 12.9. The lowest BCUT2D eigenvalue weighted by Gasteiger charge is -2.32. The molecule has 1 atom stereocenters. The summed E-state index contributed by atoms with van der Waals surface area (Å²) in [6.45, 7) is 2.00. The second-order valence-corrected chi connectivity index (χ2v) is 9.72. The first kappa shape index (κ1) is 20.0. The molecule has 0 radical (unpaired) electrons. The van der Waals surface area contributed by atoms with Crippen molar-refractivity contribution in [1.29, 1.82) is 0 Å². The van der Waals surface area contributed by atoms with E-state index in [1.54, 1.807) is 30.3 Å². The van der Waals surface area contributed by atoms with Crippen molar-refractivity contribution in [1.82, 2.24) is 0 Å². The molecular weight excluding hydrogens is 412 g/mol. The molecular formula is C21H23ClN2O4S. The average Bonchev–Trinajstić information content (AvgIpc) is 2.95. The van der Waals surface area contributed by atoms with E-state index in [0.29, 0.717) is 22.9 Å². The van der Waals surface area contributed by atoms with Crippen molar-refractivity contribution in [3.05, 3.63) is 47.0 Å². The highest BCUT2D eigenvalue weighted by Crippen LogP contribution is 2.38. The molecule has 2 aromatic carbocycles. The molecule has 6 nitrogen and oxygen atoms in total. The molecule has 0 unspecified atom stereocenters. The summed E-state index contributed by atoms with van der Waals surface area (Å²) in [5, 5.41) is 0.320. The van der Waals surface area contributed by atoms with Gasteiger partial charge in [0.2, 0.25) is 5.91 Å². The third kappa shape index (κ3) is 3.69. The van der Waals surface area contributed by atoms with Gasteiger partial charge in [-0.3, -0.25) is 9.52 Å². The van der Waals surface area contributed by atoms with E-state index in [-0.39, 0.29) is 22.8 Å². The number of benzene rings is 2. The number of hydrogen-bond acceptors (Lipinski definition) is 4. The highest BCUT2D eigenvalue weighted by Gasteiger charge is 2.37. The van der Waals surface area contributed by atoms with E-state index in [0.717, 1.165) is 30.5 Å². The minimum atomic E-state index is -3.79. The standard InChI is InChI=1S/C21H23ClN2O4S/c1-13-10-15-11-17(7-8-19(15)24(13)21(25)14-4-3-5-14)29(26,27)23-16-6-9-20(28-2)18(22)12-16/h6-9,11-14,23H,3-5,10H2,1-2H3/t13-/m1/s1. The number of carbonyl (C=O) groups excluding carboxylic acids is 1. The summed E-state index contributed by atoms with van der Waals surface area (Å²) in [7, 11) is -2.29. The van der Waals surface area contributed by atoms with E-state index in [9.17, 15) is 13.2 Å². The number of hydrogen-bond donors (Lipinski definition) is 1. The summed E-state index contributed by atoms with van der Waals surface area (Å²) < 4.78 is 33.4. The van der Waals surface area contributed by atoms with Gasteiger partial charge in [-0.25, -0.2) is 8.42 Å². The Morgan fingerprint density at radius 2 is 1.97 bits per heavy atom. The lowest BCUT2D eigenvalue weighted by atomic mass is 9.84. The molecule has 8 heteroatoms. The van der Waals surface area contributed by atoms with Crippen LogP contribution in [0.25, 0.3) is 0 Å². The molecule has 1 N–H and O–H groups in total. The molecule has 4 rings (SSSR count). The van der Waals surface area contributed by atoms with Gasteiger partial charge in [-0.2, -0.15) is 0 Å². The van der Waals surface area contributed by atoms with Gasteiger partial charge in [-0.05, 0) is 68.1 Å². The van der Waals surface area contributed by atoms with E-state index < -0.39 is 10.0 Å². The van der Waals surface area contributed by atoms with Gasteiger partial charge in [0, 0.05) is 17.6 Å². The number of amides is 1. The molecule has 0 aromatic heterocycles. The van der Waals surface area contributed by atoms with Gasteiger partial charge in [0.05, 0.1) is 22.7 Å². The molecule has 0 saturated heterocycles. The molecule has 1 heterocycles. The van der Waals surface area contributed by atoms with E-state index in [1.165, 1.54) is 13.2 Å². The molecule has 0 bridgehead atoms. The Morgan fingerprint density at radius 1 is 1.21 bits per heavy atom. The second kappa shape index (κ2) is 7.54. The molecule has 1 fully saturated rings. The zero-order chi connectivity index (χ0) is 20.8. The first-order valence-corrected chi connectivity index (χ1v) is 11.5. The van der Waals surface area contributed by atoms with E-state index in [4.69, 9.17) is 16.3 Å². The maximum absolute atomic E-state index is 12.9. The number of ether oxygens (including phenoxy) is 1. The Balaban J connectivity index is 1.59. The number of anilines is 2. The van der Waals surface area contributed by atoms with Crippen LogP contribution in [0, 0.1) is 5.92 Å². The van der Waals surface area contributed by atoms with Gasteiger partial charge in [-0.1, -0.05) is 18.0 Å². The van der Waals surface area contributed by atoms with Crippen LogP contribution in [0.2, 0.25) is 5.02 Å². The molecule has 1 amide bonds. The minimum Gasteiger partial charge on any atom is -0.495 e. The molecule has 29 heavy (non-hydrogen) atoms. The van der Waals surface area contributed by atoms with Crippen molar-refractivity contribution < 1.29 is 17.9 Å². The number of nitrogens with one attached hydrogen (secondary N) is 1. The smallest absolute Gasteiger partial charge is 0.261 e. The number of carbonyl (C=O) groups is 1. The summed E-state index contributed by atoms with van der Waals surface area (Å²) in [4.78, 5) is 14.8. The van der Waals surface area contributed by atoms with Crippen LogP contribution in [0.15, 0.2) is 41.3 Å².